The zero-order valence-corrected chi connectivity index (χ0v) is 19.8. The van der Waals surface area contributed by atoms with E-state index in [2.05, 4.69) is 10.0 Å². The smallest absolute Gasteiger partial charge is 0.194 e. The number of aryl methyl sites for hydroxylation is 1. The molecule has 1 aromatic heterocycles. The molecular weight excluding hydrogens is 481 g/mol. The van der Waals surface area contributed by atoms with Crippen LogP contribution < -0.4 is 10.0 Å². The summed E-state index contributed by atoms with van der Waals surface area (Å²) in [4.78, 5) is 0.140. The summed E-state index contributed by atoms with van der Waals surface area (Å²) in [5, 5.41) is 13.3. The van der Waals surface area contributed by atoms with E-state index in [4.69, 9.17) is 9.52 Å². The van der Waals surface area contributed by atoms with E-state index in [1.165, 1.54) is 10.8 Å². The van der Waals surface area contributed by atoms with Crippen molar-refractivity contribution in [2.75, 3.05) is 5.32 Å². The molecule has 186 valence electrons. The van der Waals surface area contributed by atoms with E-state index < -0.39 is 45.7 Å². The van der Waals surface area contributed by atoms with Gasteiger partial charge >= 0.3 is 0 Å². The van der Waals surface area contributed by atoms with Crippen LogP contribution in [0, 0.1) is 22.2 Å². The summed E-state index contributed by atoms with van der Waals surface area (Å²) in [7, 11) is -1.93. The number of fused-ring (bicyclic) bond motifs is 1. The Morgan fingerprint density at radius 2 is 1.89 bits per heavy atom. The van der Waals surface area contributed by atoms with E-state index >= 15 is 0 Å². The Hall–Kier alpha value is -3.12. The van der Waals surface area contributed by atoms with Crippen molar-refractivity contribution in [1.29, 1.82) is 4.78 Å². The van der Waals surface area contributed by atoms with Crippen LogP contribution in [-0.2, 0) is 28.3 Å². The Morgan fingerprint density at radius 3 is 2.54 bits per heavy atom. The molecule has 0 bridgehead atoms. The SMILES string of the molecule is C[C@@H](OCc1ccccc1)[C@H]1C=Cc2c(cn(C)c2C(O)Nc2cc(F)c(F)c(F)c2)S(=N)(=O)N1. The highest BCUT2D eigenvalue weighted by atomic mass is 32.2. The highest BCUT2D eigenvalue weighted by Crippen LogP contribution is 2.32. The van der Waals surface area contributed by atoms with Crippen LogP contribution >= 0.6 is 0 Å². The molecule has 2 unspecified atom stereocenters. The second kappa shape index (κ2) is 9.86. The van der Waals surface area contributed by atoms with Crippen LogP contribution in [0.1, 0.15) is 30.0 Å². The van der Waals surface area contributed by atoms with Crippen molar-refractivity contribution in [2.45, 2.75) is 36.8 Å². The summed E-state index contributed by atoms with van der Waals surface area (Å²) in [5.41, 5.74) is 1.31. The van der Waals surface area contributed by atoms with Crippen molar-refractivity contribution in [2.24, 2.45) is 7.05 Å². The molecule has 7 nitrogen and oxygen atoms in total. The van der Waals surface area contributed by atoms with E-state index in [0.717, 1.165) is 17.7 Å². The standard InChI is InChI=1S/C24H25F3N4O3S/c1-14(34-13-15-6-4-3-5-7-15)20-9-8-17-21(35(28,33)30-20)12-31(2)23(17)24(32)29-16-10-18(25)22(27)19(26)11-16/h3-12,14,20,24,29,32H,13H2,1-2H3,(H2,28,30,33)/t14-,20-,24?,35?/m1/s1. The number of rotatable bonds is 7. The topological polar surface area (TPSA) is 99.4 Å². The number of ether oxygens (including phenoxy) is 1. The largest absolute Gasteiger partial charge is 0.372 e. The van der Waals surface area contributed by atoms with Crippen LogP contribution in [0.25, 0.3) is 6.08 Å². The van der Waals surface area contributed by atoms with Gasteiger partial charge in [-0.3, -0.25) is 0 Å². The fourth-order valence-corrected chi connectivity index (χ4v) is 5.45. The predicted molar refractivity (Wildman–Crippen MR) is 126 cm³/mol. The Labute approximate surface area is 201 Å². The van der Waals surface area contributed by atoms with Gasteiger partial charge in [0.05, 0.1) is 29.3 Å². The van der Waals surface area contributed by atoms with E-state index in [1.54, 1.807) is 26.1 Å². The average Bonchev–Trinajstić information content (AvgIpc) is 3.09. The summed E-state index contributed by atoms with van der Waals surface area (Å²) in [6.07, 6.45) is 2.83. The number of hydrogen-bond donors (Lipinski definition) is 4. The summed E-state index contributed by atoms with van der Waals surface area (Å²) < 4.78 is 72.5. The molecular formula is C24H25F3N4O3S. The Morgan fingerprint density at radius 1 is 1.23 bits per heavy atom. The molecule has 11 heteroatoms. The van der Waals surface area contributed by atoms with E-state index in [9.17, 15) is 22.5 Å². The lowest BCUT2D eigenvalue weighted by Crippen LogP contribution is -2.40. The van der Waals surface area contributed by atoms with Crippen LogP contribution in [0.15, 0.2) is 59.6 Å². The fraction of sp³-hybridized carbons (Fsp3) is 0.250. The van der Waals surface area contributed by atoms with E-state index in [0.29, 0.717) is 12.2 Å². The first kappa shape index (κ1) is 25.0. The second-order valence-corrected chi connectivity index (χ2v) is 10.1. The van der Waals surface area contributed by atoms with Gasteiger partial charge in [0, 0.05) is 36.6 Å². The molecule has 0 spiro atoms. The number of nitrogens with zero attached hydrogens (tertiary/aromatic N) is 1. The molecule has 1 aliphatic rings. The summed E-state index contributed by atoms with van der Waals surface area (Å²) in [6.45, 7) is 2.13. The molecule has 2 aromatic carbocycles. The van der Waals surface area contributed by atoms with Gasteiger partial charge in [0.15, 0.2) is 23.7 Å². The molecule has 0 fully saturated rings. The molecule has 2 heterocycles. The van der Waals surface area contributed by atoms with Gasteiger partial charge in [-0.15, -0.1) is 0 Å². The van der Waals surface area contributed by atoms with Crippen LogP contribution in [0.4, 0.5) is 18.9 Å². The Bertz CT molecular complexity index is 1340. The molecule has 4 rings (SSSR count). The molecule has 4 N–H and O–H groups in total. The number of aliphatic hydroxyl groups excluding tert-OH is 1. The van der Waals surface area contributed by atoms with Crippen LogP contribution in [-0.4, -0.2) is 26.0 Å². The number of benzene rings is 2. The zero-order chi connectivity index (χ0) is 25.3. The Balaban J connectivity index is 1.59. The van der Waals surface area contributed by atoms with Crippen molar-refractivity contribution in [1.82, 2.24) is 9.29 Å². The quantitative estimate of drug-likeness (QED) is 0.281. The first-order chi connectivity index (χ1) is 16.6. The number of hydrogen-bond acceptors (Lipinski definition) is 5. The van der Waals surface area contributed by atoms with Gasteiger partial charge in [0.2, 0.25) is 0 Å². The normalized spacial score (nSPS) is 21.3. The lowest BCUT2D eigenvalue weighted by atomic mass is 10.1. The van der Waals surface area contributed by atoms with Gasteiger partial charge in [0.25, 0.3) is 0 Å². The van der Waals surface area contributed by atoms with Gasteiger partial charge in [-0.05, 0) is 12.5 Å². The minimum atomic E-state index is -3.50. The van der Waals surface area contributed by atoms with E-state index in [-0.39, 0.29) is 16.3 Å². The van der Waals surface area contributed by atoms with Crippen LogP contribution in [0.2, 0.25) is 0 Å². The Kier molecular flexibility index (Phi) is 7.04. The maximum absolute atomic E-state index is 13.6. The third kappa shape index (κ3) is 5.27. The van der Waals surface area contributed by atoms with Gasteiger partial charge in [-0.25, -0.2) is 26.9 Å². The molecule has 35 heavy (non-hydrogen) atoms. The minimum Gasteiger partial charge on any atom is -0.372 e. The van der Waals surface area contributed by atoms with Gasteiger partial charge < -0.3 is 19.7 Å². The van der Waals surface area contributed by atoms with Gasteiger partial charge in [-0.1, -0.05) is 42.5 Å². The number of halogens is 3. The lowest BCUT2D eigenvalue weighted by Gasteiger charge is -2.22. The van der Waals surface area contributed by atoms with Crippen molar-refractivity contribution >= 4 is 21.7 Å². The van der Waals surface area contributed by atoms with Crippen molar-refractivity contribution in [3.05, 3.63) is 89.0 Å². The molecule has 3 aromatic rings. The summed E-state index contributed by atoms with van der Waals surface area (Å²) >= 11 is 0. The number of anilines is 1. The van der Waals surface area contributed by atoms with Gasteiger partial charge in [-0.2, -0.15) is 0 Å². The van der Waals surface area contributed by atoms with Crippen molar-refractivity contribution in [3.8, 4) is 0 Å². The highest BCUT2D eigenvalue weighted by Gasteiger charge is 2.30. The molecule has 0 amide bonds. The molecule has 0 saturated heterocycles. The maximum atomic E-state index is 13.6. The molecule has 0 radical (unpaired) electrons. The number of nitrogens with one attached hydrogen (secondary N) is 3. The van der Waals surface area contributed by atoms with Crippen molar-refractivity contribution in [3.63, 3.8) is 0 Å². The van der Waals surface area contributed by atoms with Crippen LogP contribution in [0.3, 0.4) is 0 Å². The molecule has 1 aliphatic heterocycles. The average molecular weight is 507 g/mol. The first-order valence-corrected chi connectivity index (χ1v) is 12.3. The summed E-state index contributed by atoms with van der Waals surface area (Å²) in [5.74, 6) is -4.43. The van der Waals surface area contributed by atoms with E-state index in [1.807, 2.05) is 30.3 Å². The molecule has 0 aliphatic carbocycles. The fourth-order valence-electron chi connectivity index (χ4n) is 3.89. The number of aliphatic hydroxyl groups is 1. The third-order valence-electron chi connectivity index (χ3n) is 5.72. The van der Waals surface area contributed by atoms with Crippen LogP contribution in [0.5, 0.6) is 0 Å². The lowest BCUT2D eigenvalue weighted by molar-refractivity contribution is 0.0425. The van der Waals surface area contributed by atoms with Crippen molar-refractivity contribution < 1.29 is 27.2 Å². The maximum Gasteiger partial charge on any atom is 0.194 e. The predicted octanol–water partition coefficient (Wildman–Crippen LogP) is 4.46. The monoisotopic (exact) mass is 506 g/mol. The second-order valence-electron chi connectivity index (χ2n) is 8.26. The molecule has 4 atom stereocenters. The highest BCUT2D eigenvalue weighted by molar-refractivity contribution is 7.90. The van der Waals surface area contributed by atoms with Gasteiger partial charge in [0.1, 0.15) is 9.92 Å². The summed E-state index contributed by atoms with van der Waals surface area (Å²) in [6, 6.07) is 10.4. The third-order valence-corrected chi connectivity index (χ3v) is 7.27. The first-order valence-electron chi connectivity index (χ1n) is 10.7. The minimum absolute atomic E-state index is 0.140. The molecule has 0 saturated carbocycles. The zero-order valence-electron chi connectivity index (χ0n) is 19.0. The number of aromatic nitrogens is 1.